The van der Waals surface area contributed by atoms with E-state index in [-0.39, 0.29) is 12.3 Å². The lowest BCUT2D eigenvalue weighted by Crippen LogP contribution is -2.44. The zero-order valence-corrected chi connectivity index (χ0v) is 16.2. The molecule has 7 nitrogen and oxygen atoms in total. The molecule has 2 rings (SSSR count). The normalized spacial score (nSPS) is 14.8. The highest BCUT2D eigenvalue weighted by molar-refractivity contribution is 14.1. The molecule has 0 aromatic heterocycles. The molecule has 0 saturated carbocycles. The van der Waals surface area contributed by atoms with Crippen molar-refractivity contribution < 1.29 is 14.4 Å². The van der Waals surface area contributed by atoms with Crippen LogP contribution >= 0.6 is 22.6 Å². The van der Waals surface area contributed by atoms with Gasteiger partial charge in [0.2, 0.25) is 5.91 Å². The van der Waals surface area contributed by atoms with E-state index in [4.69, 9.17) is 0 Å². The molecule has 0 atom stereocenters. The Bertz CT molecular complexity index is 667. The Morgan fingerprint density at radius 1 is 1.12 bits per heavy atom. The molecule has 134 valence electrons. The number of amides is 3. The molecule has 0 radical (unpaired) electrons. The third-order valence-corrected chi connectivity index (χ3v) is 4.45. The molecule has 0 bridgehead atoms. The first-order valence-electron chi connectivity index (χ1n) is 8.13. The van der Waals surface area contributed by atoms with Crippen LogP contribution in [0.4, 0.5) is 5.69 Å². The number of rotatable bonds is 4. The van der Waals surface area contributed by atoms with Crippen LogP contribution in [0.15, 0.2) is 29.4 Å². The predicted octanol–water partition coefficient (Wildman–Crippen LogP) is 2.12. The highest BCUT2D eigenvalue weighted by atomic mass is 127. The van der Waals surface area contributed by atoms with E-state index in [2.05, 4.69) is 38.4 Å². The van der Waals surface area contributed by atoms with Crippen molar-refractivity contribution in [2.45, 2.75) is 32.6 Å². The van der Waals surface area contributed by atoms with Gasteiger partial charge in [-0.05, 0) is 73.0 Å². The number of nitrogens with zero attached hydrogens (tertiary/aromatic N) is 2. The van der Waals surface area contributed by atoms with Gasteiger partial charge in [0.1, 0.15) is 0 Å². The predicted molar refractivity (Wildman–Crippen MR) is 104 cm³/mol. The number of benzene rings is 1. The molecule has 3 amide bonds. The van der Waals surface area contributed by atoms with Gasteiger partial charge in [0.05, 0.1) is 6.42 Å². The number of hydrogen-bond donors (Lipinski definition) is 2. The van der Waals surface area contributed by atoms with E-state index >= 15 is 0 Å². The lowest BCUT2D eigenvalue weighted by Gasteiger charge is -2.25. The summed E-state index contributed by atoms with van der Waals surface area (Å²) in [5.74, 6) is -1.57. The fraction of sp³-hybridized carbons (Fsp3) is 0.412. The van der Waals surface area contributed by atoms with E-state index in [1.807, 2.05) is 24.3 Å². The smallest absolute Gasteiger partial charge is 0.329 e. The SMILES string of the molecule is CC(CC(=O)Nc1ccc(I)cc1)=NNC(=O)C(=O)N1CCCCC1. The molecular weight excluding hydrogens is 435 g/mol. The first-order chi connectivity index (χ1) is 12.0. The number of piperidine rings is 1. The monoisotopic (exact) mass is 456 g/mol. The number of halogens is 1. The molecule has 2 N–H and O–H groups in total. The van der Waals surface area contributed by atoms with Gasteiger partial charge in [-0.25, -0.2) is 5.43 Å². The van der Waals surface area contributed by atoms with Gasteiger partial charge < -0.3 is 10.2 Å². The van der Waals surface area contributed by atoms with E-state index in [0.717, 1.165) is 22.8 Å². The second kappa shape index (κ2) is 9.50. The topological polar surface area (TPSA) is 90.9 Å². The summed E-state index contributed by atoms with van der Waals surface area (Å²) >= 11 is 2.19. The van der Waals surface area contributed by atoms with E-state index in [1.165, 1.54) is 4.90 Å². The van der Waals surface area contributed by atoms with Crippen molar-refractivity contribution >= 4 is 51.7 Å². The maximum Gasteiger partial charge on any atom is 0.329 e. The Kier molecular flexibility index (Phi) is 7.35. The summed E-state index contributed by atoms with van der Waals surface area (Å²) in [5, 5.41) is 6.59. The van der Waals surface area contributed by atoms with Crippen molar-refractivity contribution in [3.05, 3.63) is 27.8 Å². The summed E-state index contributed by atoms with van der Waals surface area (Å²) in [4.78, 5) is 37.3. The Labute approximate surface area is 160 Å². The second-order valence-corrected chi connectivity index (χ2v) is 7.12. The minimum atomic E-state index is -0.765. The van der Waals surface area contributed by atoms with Crippen LogP contribution in [0.2, 0.25) is 0 Å². The lowest BCUT2D eigenvalue weighted by atomic mass is 10.1. The molecule has 25 heavy (non-hydrogen) atoms. The largest absolute Gasteiger partial charge is 0.334 e. The minimum absolute atomic E-state index is 0.0319. The lowest BCUT2D eigenvalue weighted by molar-refractivity contribution is -0.146. The average molecular weight is 456 g/mol. The van der Waals surface area contributed by atoms with Crippen LogP contribution in [0, 0.1) is 3.57 Å². The van der Waals surface area contributed by atoms with Crippen molar-refractivity contribution in [1.29, 1.82) is 0 Å². The number of carbonyl (C=O) groups excluding carboxylic acids is 3. The summed E-state index contributed by atoms with van der Waals surface area (Å²) < 4.78 is 1.08. The van der Waals surface area contributed by atoms with Crippen LogP contribution in [-0.4, -0.2) is 41.4 Å². The van der Waals surface area contributed by atoms with Crippen LogP contribution in [0.25, 0.3) is 0 Å². The van der Waals surface area contributed by atoms with Crippen molar-refractivity contribution in [1.82, 2.24) is 10.3 Å². The number of likely N-dealkylation sites (tertiary alicyclic amines) is 1. The van der Waals surface area contributed by atoms with Crippen molar-refractivity contribution in [3.8, 4) is 0 Å². The molecular formula is C17H21IN4O3. The first kappa shape index (κ1) is 19.4. The number of carbonyl (C=O) groups is 3. The van der Waals surface area contributed by atoms with Crippen LogP contribution < -0.4 is 10.7 Å². The molecule has 1 heterocycles. The van der Waals surface area contributed by atoms with E-state index in [9.17, 15) is 14.4 Å². The Hall–Kier alpha value is -1.97. The van der Waals surface area contributed by atoms with Crippen molar-refractivity contribution in [3.63, 3.8) is 0 Å². The number of hydrogen-bond acceptors (Lipinski definition) is 4. The number of nitrogens with one attached hydrogen (secondary N) is 2. The standard InChI is InChI=1S/C17H21IN4O3/c1-12(11-15(23)19-14-7-5-13(18)6-8-14)20-21-16(24)17(25)22-9-3-2-4-10-22/h5-8H,2-4,9-11H2,1H3,(H,19,23)(H,21,24). The zero-order valence-electron chi connectivity index (χ0n) is 14.0. The Balaban J connectivity index is 1.79. The molecule has 8 heteroatoms. The maximum absolute atomic E-state index is 12.0. The third-order valence-electron chi connectivity index (χ3n) is 3.73. The maximum atomic E-state index is 12.0. The summed E-state index contributed by atoms with van der Waals surface area (Å²) in [6.45, 7) is 2.83. The Morgan fingerprint density at radius 3 is 2.40 bits per heavy atom. The van der Waals surface area contributed by atoms with Gasteiger partial charge in [0.25, 0.3) is 0 Å². The van der Waals surface area contributed by atoms with Gasteiger partial charge in [-0.15, -0.1) is 0 Å². The third kappa shape index (κ3) is 6.45. The van der Waals surface area contributed by atoms with Crippen molar-refractivity contribution in [2.24, 2.45) is 5.10 Å². The second-order valence-electron chi connectivity index (χ2n) is 5.87. The molecule has 0 aliphatic carbocycles. The first-order valence-corrected chi connectivity index (χ1v) is 9.21. The summed E-state index contributed by atoms with van der Waals surface area (Å²) in [5.41, 5.74) is 3.35. The quantitative estimate of drug-likeness (QED) is 0.315. The Morgan fingerprint density at radius 2 is 1.76 bits per heavy atom. The van der Waals surface area contributed by atoms with E-state index in [1.54, 1.807) is 6.92 Å². The molecule has 1 aliphatic heterocycles. The molecule has 1 aromatic rings. The fourth-order valence-electron chi connectivity index (χ4n) is 2.44. The number of anilines is 1. The molecule has 1 aliphatic rings. The molecule has 1 aromatic carbocycles. The van der Waals surface area contributed by atoms with Gasteiger partial charge in [-0.1, -0.05) is 0 Å². The zero-order chi connectivity index (χ0) is 18.2. The fourth-order valence-corrected chi connectivity index (χ4v) is 2.80. The van der Waals surface area contributed by atoms with E-state index in [0.29, 0.717) is 24.5 Å². The molecule has 1 saturated heterocycles. The van der Waals surface area contributed by atoms with Gasteiger partial charge >= 0.3 is 11.8 Å². The van der Waals surface area contributed by atoms with Gasteiger partial charge in [0, 0.05) is 28.1 Å². The highest BCUT2D eigenvalue weighted by Gasteiger charge is 2.23. The van der Waals surface area contributed by atoms with Crippen LogP contribution in [0.5, 0.6) is 0 Å². The van der Waals surface area contributed by atoms with Gasteiger partial charge in [0.15, 0.2) is 0 Å². The van der Waals surface area contributed by atoms with Crippen LogP contribution in [0.1, 0.15) is 32.6 Å². The molecule has 1 fully saturated rings. The van der Waals surface area contributed by atoms with Crippen molar-refractivity contribution in [2.75, 3.05) is 18.4 Å². The summed E-state index contributed by atoms with van der Waals surface area (Å²) in [6, 6.07) is 7.41. The summed E-state index contributed by atoms with van der Waals surface area (Å²) in [6.07, 6.45) is 2.95. The van der Waals surface area contributed by atoms with Gasteiger partial charge in [-0.2, -0.15) is 5.10 Å². The molecule has 0 unspecified atom stereocenters. The minimum Gasteiger partial charge on any atom is -0.334 e. The van der Waals surface area contributed by atoms with Crippen LogP contribution in [-0.2, 0) is 14.4 Å². The number of hydrazone groups is 1. The van der Waals surface area contributed by atoms with Gasteiger partial charge in [-0.3, -0.25) is 14.4 Å². The average Bonchev–Trinajstić information content (AvgIpc) is 2.61. The summed E-state index contributed by atoms with van der Waals surface area (Å²) in [7, 11) is 0. The van der Waals surface area contributed by atoms with E-state index < -0.39 is 11.8 Å². The highest BCUT2D eigenvalue weighted by Crippen LogP contribution is 2.11. The molecule has 0 spiro atoms. The van der Waals surface area contributed by atoms with Crippen LogP contribution in [0.3, 0.4) is 0 Å².